The third-order valence-electron chi connectivity index (χ3n) is 5.27. The van der Waals surface area contributed by atoms with Crippen molar-refractivity contribution in [3.63, 3.8) is 0 Å². The Bertz CT molecular complexity index is 1040. The Morgan fingerprint density at radius 3 is 2.07 bits per heavy atom. The largest absolute Gasteiger partial charge is 0.497 e. The second-order valence-electron chi connectivity index (χ2n) is 7.16. The van der Waals surface area contributed by atoms with E-state index in [9.17, 15) is 4.79 Å². The lowest BCUT2D eigenvalue weighted by molar-refractivity contribution is 0.415. The minimum atomic E-state index is -0.360. The van der Waals surface area contributed by atoms with Crippen molar-refractivity contribution in [3.8, 4) is 11.4 Å². The zero-order chi connectivity index (χ0) is 20.4. The summed E-state index contributed by atoms with van der Waals surface area (Å²) >= 11 is 0. The molecule has 4 rings (SSSR count). The molecular weight excluding hydrogens is 366 g/mol. The van der Waals surface area contributed by atoms with Crippen molar-refractivity contribution < 1.29 is 4.74 Å². The van der Waals surface area contributed by atoms with Crippen LogP contribution in [0.4, 0.5) is 17.3 Å². The van der Waals surface area contributed by atoms with Crippen LogP contribution < -0.4 is 26.0 Å². The highest BCUT2D eigenvalue weighted by molar-refractivity contribution is 5.54. The van der Waals surface area contributed by atoms with Crippen LogP contribution in [0.1, 0.15) is 5.56 Å². The number of ether oxygens (including phenoxy) is 1. The summed E-state index contributed by atoms with van der Waals surface area (Å²) in [6.45, 7) is 5.23. The molecule has 0 unspecified atom stereocenters. The first kappa shape index (κ1) is 18.9. The van der Waals surface area contributed by atoms with Gasteiger partial charge in [0.1, 0.15) is 17.4 Å². The number of nitrogen functional groups attached to an aromatic ring is 1. The molecule has 150 valence electrons. The SMILES string of the molecule is COc1ccc(N2CCN(c3cc(N)n(-c4ccc(C)cc4)c(=O)n3)CC2)cc1. The highest BCUT2D eigenvalue weighted by Gasteiger charge is 2.20. The molecule has 0 aliphatic carbocycles. The molecule has 7 nitrogen and oxygen atoms in total. The van der Waals surface area contributed by atoms with Gasteiger partial charge in [0, 0.05) is 37.9 Å². The minimum absolute atomic E-state index is 0.360. The molecule has 0 bridgehead atoms. The second kappa shape index (κ2) is 7.87. The van der Waals surface area contributed by atoms with Crippen molar-refractivity contribution in [1.29, 1.82) is 0 Å². The van der Waals surface area contributed by atoms with E-state index in [1.54, 1.807) is 13.2 Å². The normalized spacial score (nSPS) is 14.1. The first-order valence-corrected chi connectivity index (χ1v) is 9.66. The summed E-state index contributed by atoms with van der Waals surface area (Å²) in [5, 5.41) is 0. The van der Waals surface area contributed by atoms with Gasteiger partial charge in [0.05, 0.1) is 12.8 Å². The molecule has 3 aromatic rings. The van der Waals surface area contributed by atoms with Crippen molar-refractivity contribution in [1.82, 2.24) is 9.55 Å². The third-order valence-corrected chi connectivity index (χ3v) is 5.27. The van der Waals surface area contributed by atoms with Crippen LogP contribution in [0.25, 0.3) is 5.69 Å². The van der Waals surface area contributed by atoms with Gasteiger partial charge in [-0.15, -0.1) is 0 Å². The lowest BCUT2D eigenvalue weighted by Gasteiger charge is -2.36. The van der Waals surface area contributed by atoms with E-state index in [1.165, 1.54) is 4.57 Å². The molecule has 1 fully saturated rings. The number of benzene rings is 2. The van der Waals surface area contributed by atoms with Crippen LogP contribution in [-0.2, 0) is 0 Å². The van der Waals surface area contributed by atoms with Gasteiger partial charge in [0.2, 0.25) is 0 Å². The van der Waals surface area contributed by atoms with Crippen LogP contribution >= 0.6 is 0 Å². The topological polar surface area (TPSA) is 76.6 Å². The highest BCUT2D eigenvalue weighted by Crippen LogP contribution is 2.23. The molecule has 7 heteroatoms. The first-order chi connectivity index (χ1) is 14.0. The quantitative estimate of drug-likeness (QED) is 0.736. The third kappa shape index (κ3) is 3.89. The number of aromatic nitrogens is 2. The van der Waals surface area contributed by atoms with E-state index in [1.807, 2.05) is 43.3 Å². The maximum Gasteiger partial charge on any atom is 0.355 e. The average molecular weight is 391 g/mol. The number of methoxy groups -OCH3 is 1. The number of rotatable bonds is 4. The van der Waals surface area contributed by atoms with E-state index in [2.05, 4.69) is 26.9 Å². The zero-order valence-electron chi connectivity index (χ0n) is 16.7. The molecular formula is C22H25N5O2. The smallest absolute Gasteiger partial charge is 0.355 e. The van der Waals surface area contributed by atoms with Crippen LogP contribution in [0, 0.1) is 6.92 Å². The van der Waals surface area contributed by atoms with Gasteiger partial charge >= 0.3 is 5.69 Å². The summed E-state index contributed by atoms with van der Waals surface area (Å²) in [5.74, 6) is 1.87. The van der Waals surface area contributed by atoms with E-state index in [0.29, 0.717) is 11.6 Å². The first-order valence-electron chi connectivity index (χ1n) is 9.66. The van der Waals surface area contributed by atoms with Gasteiger partial charge in [-0.2, -0.15) is 4.98 Å². The Hall–Kier alpha value is -3.48. The van der Waals surface area contributed by atoms with Crippen molar-refractivity contribution in [2.45, 2.75) is 6.92 Å². The van der Waals surface area contributed by atoms with Crippen molar-refractivity contribution in [2.75, 3.05) is 48.8 Å². The number of piperazine rings is 1. The molecule has 1 aromatic heterocycles. The summed E-state index contributed by atoms with van der Waals surface area (Å²) in [6.07, 6.45) is 0. The Kier molecular flexibility index (Phi) is 5.12. The maximum atomic E-state index is 12.7. The van der Waals surface area contributed by atoms with Crippen molar-refractivity contribution in [2.24, 2.45) is 0 Å². The molecule has 0 radical (unpaired) electrons. The number of nitrogens with two attached hydrogens (primary N) is 1. The molecule has 2 N–H and O–H groups in total. The summed E-state index contributed by atoms with van der Waals surface area (Å²) in [5.41, 5.74) is 8.87. The predicted molar refractivity (Wildman–Crippen MR) is 116 cm³/mol. The molecule has 2 heterocycles. The van der Waals surface area contributed by atoms with Gasteiger partial charge in [0.15, 0.2) is 0 Å². The van der Waals surface area contributed by atoms with Gasteiger partial charge in [0.25, 0.3) is 0 Å². The van der Waals surface area contributed by atoms with Crippen molar-refractivity contribution >= 4 is 17.3 Å². The van der Waals surface area contributed by atoms with Crippen LogP contribution in [-0.4, -0.2) is 42.8 Å². The van der Waals surface area contributed by atoms with Gasteiger partial charge in [-0.3, -0.25) is 0 Å². The molecule has 0 spiro atoms. The lowest BCUT2D eigenvalue weighted by atomic mass is 10.2. The van der Waals surface area contributed by atoms with E-state index in [4.69, 9.17) is 10.5 Å². The zero-order valence-corrected chi connectivity index (χ0v) is 16.7. The maximum absolute atomic E-state index is 12.7. The summed E-state index contributed by atoms with van der Waals surface area (Å²) in [6, 6.07) is 17.5. The summed E-state index contributed by atoms with van der Waals surface area (Å²) in [4.78, 5) is 21.4. The molecule has 0 amide bonds. The molecule has 29 heavy (non-hydrogen) atoms. The predicted octanol–water partition coefficient (Wildman–Crippen LogP) is 2.46. The summed E-state index contributed by atoms with van der Waals surface area (Å²) < 4.78 is 6.66. The van der Waals surface area contributed by atoms with Crippen LogP contribution in [0.15, 0.2) is 59.4 Å². The second-order valence-corrected chi connectivity index (χ2v) is 7.16. The van der Waals surface area contributed by atoms with E-state index in [0.717, 1.165) is 48.9 Å². The fourth-order valence-corrected chi connectivity index (χ4v) is 3.59. The number of hydrogen-bond acceptors (Lipinski definition) is 6. The average Bonchev–Trinajstić information content (AvgIpc) is 2.75. The number of nitrogens with zero attached hydrogens (tertiary/aromatic N) is 4. The van der Waals surface area contributed by atoms with Gasteiger partial charge in [-0.05, 0) is 43.3 Å². The van der Waals surface area contributed by atoms with E-state index in [-0.39, 0.29) is 5.69 Å². The number of aryl methyl sites for hydroxylation is 1. The summed E-state index contributed by atoms with van der Waals surface area (Å²) in [7, 11) is 1.67. The van der Waals surface area contributed by atoms with E-state index >= 15 is 0 Å². The number of hydrogen-bond donors (Lipinski definition) is 1. The molecule has 0 atom stereocenters. The van der Waals surface area contributed by atoms with Gasteiger partial charge < -0.3 is 20.3 Å². The van der Waals surface area contributed by atoms with E-state index < -0.39 is 0 Å². The fourth-order valence-electron chi connectivity index (χ4n) is 3.59. The Labute approximate surface area is 170 Å². The molecule has 0 saturated carbocycles. The van der Waals surface area contributed by atoms with Crippen LogP contribution in [0.3, 0.4) is 0 Å². The van der Waals surface area contributed by atoms with Crippen molar-refractivity contribution in [3.05, 3.63) is 70.6 Å². The van der Waals surface area contributed by atoms with Gasteiger partial charge in [-0.25, -0.2) is 9.36 Å². The van der Waals surface area contributed by atoms with Crippen LogP contribution in [0.2, 0.25) is 0 Å². The van der Waals surface area contributed by atoms with Gasteiger partial charge in [-0.1, -0.05) is 17.7 Å². The Balaban J connectivity index is 1.50. The monoisotopic (exact) mass is 391 g/mol. The Morgan fingerprint density at radius 2 is 1.48 bits per heavy atom. The highest BCUT2D eigenvalue weighted by atomic mass is 16.5. The molecule has 1 aliphatic rings. The molecule has 2 aromatic carbocycles. The number of anilines is 3. The van der Waals surface area contributed by atoms with Crippen LogP contribution in [0.5, 0.6) is 5.75 Å². The molecule has 1 saturated heterocycles. The minimum Gasteiger partial charge on any atom is -0.497 e. The Morgan fingerprint density at radius 1 is 0.897 bits per heavy atom. The molecule has 1 aliphatic heterocycles. The lowest BCUT2D eigenvalue weighted by Crippen LogP contribution is -2.47. The standard InChI is InChI=1S/C22H25N5O2/c1-16-3-5-18(6-4-16)27-20(23)15-21(24-22(27)28)26-13-11-25(12-14-26)17-7-9-19(29-2)10-8-17/h3-10,15H,11-14,23H2,1-2H3. The fraction of sp³-hybridized carbons (Fsp3) is 0.273.